The van der Waals surface area contributed by atoms with E-state index in [1.54, 1.807) is 0 Å². The third-order valence-corrected chi connectivity index (χ3v) is 5.64. The summed E-state index contributed by atoms with van der Waals surface area (Å²) in [6.07, 6.45) is 17.7. The van der Waals surface area contributed by atoms with Crippen LogP contribution in [-0.4, -0.2) is 12.6 Å². The molecule has 2 aliphatic carbocycles. The molecule has 0 atom stereocenters. The van der Waals surface area contributed by atoms with Crippen molar-refractivity contribution < 1.29 is 9.53 Å². The summed E-state index contributed by atoms with van der Waals surface area (Å²) in [5.74, 6) is 2.69. The molecule has 0 heterocycles. The fourth-order valence-corrected chi connectivity index (χ4v) is 4.20. The Kier molecular flexibility index (Phi) is 7.48. The Morgan fingerprint density at radius 3 is 1.95 bits per heavy atom. The summed E-state index contributed by atoms with van der Waals surface area (Å²) in [5.41, 5.74) is 0. The van der Waals surface area contributed by atoms with Gasteiger partial charge in [0.2, 0.25) is 0 Å². The van der Waals surface area contributed by atoms with E-state index < -0.39 is 0 Å². The highest BCUT2D eigenvalue weighted by Crippen LogP contribution is 2.34. The molecule has 2 fully saturated rings. The second kappa shape index (κ2) is 9.37. The largest absolute Gasteiger partial charge is 0.466 e. The zero-order valence-corrected chi connectivity index (χ0v) is 14.6. The monoisotopic (exact) mass is 306 g/mol. The maximum atomic E-state index is 11.8. The molecule has 0 spiro atoms. The predicted molar refractivity (Wildman–Crippen MR) is 91.6 cm³/mol. The molecule has 0 aromatic carbocycles. The molecule has 0 bridgehead atoms. The van der Waals surface area contributed by atoms with E-state index in [1.165, 1.54) is 38.5 Å². The Labute approximate surface area is 136 Å². The quantitative estimate of drug-likeness (QED) is 0.477. The number of allylic oxidation sites excluding steroid dienone is 2. The standard InChI is InChI=1S/C20H34O2/c1-3-5-16-6-8-17(9-7-16)10-11-18-12-14-19(15-13-18)20(21)22-4-2/h10-11,16-19H,3-9,12-15H2,1-2H3/b11-10+. The second-order valence-electron chi connectivity index (χ2n) is 7.32. The van der Waals surface area contributed by atoms with Crippen LogP contribution in [-0.2, 0) is 9.53 Å². The van der Waals surface area contributed by atoms with Crippen LogP contribution in [0.1, 0.15) is 78.1 Å². The van der Waals surface area contributed by atoms with E-state index in [-0.39, 0.29) is 11.9 Å². The minimum atomic E-state index is 0.0270. The van der Waals surface area contributed by atoms with Gasteiger partial charge in [0.1, 0.15) is 0 Å². The van der Waals surface area contributed by atoms with Gasteiger partial charge in [-0.25, -0.2) is 0 Å². The molecule has 0 unspecified atom stereocenters. The Morgan fingerprint density at radius 1 is 0.909 bits per heavy atom. The summed E-state index contributed by atoms with van der Waals surface area (Å²) in [6, 6.07) is 0. The zero-order chi connectivity index (χ0) is 15.8. The van der Waals surface area contributed by atoms with E-state index in [0.717, 1.165) is 37.5 Å². The minimum Gasteiger partial charge on any atom is -0.466 e. The van der Waals surface area contributed by atoms with Gasteiger partial charge in [-0.2, -0.15) is 0 Å². The van der Waals surface area contributed by atoms with Gasteiger partial charge in [-0.1, -0.05) is 31.9 Å². The van der Waals surface area contributed by atoms with E-state index in [9.17, 15) is 4.79 Å². The Hall–Kier alpha value is -0.790. The van der Waals surface area contributed by atoms with Gasteiger partial charge in [-0.15, -0.1) is 0 Å². The lowest BCUT2D eigenvalue weighted by atomic mass is 9.78. The molecular formula is C20H34O2. The van der Waals surface area contributed by atoms with Crippen LogP contribution in [0.25, 0.3) is 0 Å². The average molecular weight is 306 g/mol. The second-order valence-corrected chi connectivity index (χ2v) is 7.32. The first kappa shape index (κ1) is 17.6. The molecule has 0 radical (unpaired) electrons. The summed E-state index contributed by atoms with van der Waals surface area (Å²) in [4.78, 5) is 11.8. The fourth-order valence-electron chi connectivity index (χ4n) is 4.20. The lowest BCUT2D eigenvalue weighted by Gasteiger charge is -2.28. The van der Waals surface area contributed by atoms with E-state index >= 15 is 0 Å². The first-order chi connectivity index (χ1) is 10.7. The first-order valence-electron chi connectivity index (χ1n) is 9.57. The van der Waals surface area contributed by atoms with E-state index in [4.69, 9.17) is 4.74 Å². The highest BCUT2D eigenvalue weighted by molar-refractivity contribution is 5.72. The molecule has 0 aromatic heterocycles. The summed E-state index contributed by atoms with van der Waals surface area (Å²) in [5, 5.41) is 0. The molecule has 2 saturated carbocycles. The van der Waals surface area contributed by atoms with Crippen molar-refractivity contribution in [1.82, 2.24) is 0 Å². The van der Waals surface area contributed by atoms with Gasteiger partial charge in [0.15, 0.2) is 0 Å². The van der Waals surface area contributed by atoms with Crippen molar-refractivity contribution in [1.29, 1.82) is 0 Å². The van der Waals surface area contributed by atoms with Gasteiger partial charge in [0, 0.05) is 0 Å². The summed E-state index contributed by atoms with van der Waals surface area (Å²) in [6.45, 7) is 4.71. The van der Waals surface area contributed by atoms with Crippen LogP contribution in [0.5, 0.6) is 0 Å². The molecule has 0 amide bonds. The summed E-state index contributed by atoms with van der Waals surface area (Å²) < 4.78 is 5.14. The molecule has 2 nitrogen and oxygen atoms in total. The number of esters is 1. The molecular weight excluding hydrogens is 272 g/mol. The molecule has 0 aromatic rings. The summed E-state index contributed by atoms with van der Waals surface area (Å²) in [7, 11) is 0. The maximum Gasteiger partial charge on any atom is 0.308 e. The van der Waals surface area contributed by atoms with Crippen LogP contribution in [0.2, 0.25) is 0 Å². The number of rotatable bonds is 6. The van der Waals surface area contributed by atoms with Crippen molar-refractivity contribution in [2.24, 2.45) is 23.7 Å². The molecule has 2 aliphatic rings. The molecule has 2 rings (SSSR count). The van der Waals surface area contributed by atoms with E-state index in [1.807, 2.05) is 6.92 Å². The lowest BCUT2D eigenvalue weighted by Crippen LogP contribution is -2.23. The van der Waals surface area contributed by atoms with Crippen molar-refractivity contribution in [3.63, 3.8) is 0 Å². The molecule has 126 valence electrons. The predicted octanol–water partition coefficient (Wildman–Crippen LogP) is 5.52. The van der Waals surface area contributed by atoms with Crippen molar-refractivity contribution in [3.05, 3.63) is 12.2 Å². The highest BCUT2D eigenvalue weighted by Gasteiger charge is 2.26. The van der Waals surface area contributed by atoms with Gasteiger partial charge in [0.25, 0.3) is 0 Å². The minimum absolute atomic E-state index is 0.0270. The topological polar surface area (TPSA) is 26.3 Å². The van der Waals surface area contributed by atoms with Crippen LogP contribution < -0.4 is 0 Å². The van der Waals surface area contributed by atoms with Gasteiger partial charge < -0.3 is 4.74 Å². The molecule has 0 saturated heterocycles. The smallest absolute Gasteiger partial charge is 0.308 e. The van der Waals surface area contributed by atoms with Crippen LogP contribution in [0.15, 0.2) is 12.2 Å². The third-order valence-electron chi connectivity index (χ3n) is 5.64. The van der Waals surface area contributed by atoms with Crippen LogP contribution in [0, 0.1) is 23.7 Å². The number of hydrogen-bond acceptors (Lipinski definition) is 2. The Morgan fingerprint density at radius 2 is 1.45 bits per heavy atom. The van der Waals surface area contributed by atoms with Gasteiger partial charge in [0.05, 0.1) is 12.5 Å². The van der Waals surface area contributed by atoms with Gasteiger partial charge in [-0.05, 0) is 76.0 Å². The average Bonchev–Trinajstić information content (AvgIpc) is 2.55. The van der Waals surface area contributed by atoms with Crippen molar-refractivity contribution in [2.75, 3.05) is 6.61 Å². The third kappa shape index (κ3) is 5.44. The highest BCUT2D eigenvalue weighted by atomic mass is 16.5. The zero-order valence-electron chi connectivity index (χ0n) is 14.6. The van der Waals surface area contributed by atoms with Crippen LogP contribution in [0.4, 0.5) is 0 Å². The van der Waals surface area contributed by atoms with Crippen LogP contribution >= 0.6 is 0 Å². The SMILES string of the molecule is CCCC1CCC(/C=C/C2CCC(C(=O)OCC)CC2)CC1. The van der Waals surface area contributed by atoms with Gasteiger partial charge in [-0.3, -0.25) is 4.79 Å². The molecule has 0 aliphatic heterocycles. The molecule has 22 heavy (non-hydrogen) atoms. The molecule has 2 heteroatoms. The van der Waals surface area contributed by atoms with Crippen molar-refractivity contribution in [3.8, 4) is 0 Å². The maximum absolute atomic E-state index is 11.8. The Balaban J connectivity index is 1.67. The van der Waals surface area contributed by atoms with Crippen molar-refractivity contribution in [2.45, 2.75) is 78.1 Å². The number of ether oxygens (including phenoxy) is 1. The normalized spacial score (nSPS) is 33.0. The number of carbonyl (C=O) groups excluding carboxylic acids is 1. The lowest BCUT2D eigenvalue weighted by molar-refractivity contribution is -0.149. The van der Waals surface area contributed by atoms with Crippen LogP contribution in [0.3, 0.4) is 0 Å². The number of hydrogen-bond donors (Lipinski definition) is 0. The van der Waals surface area contributed by atoms with Gasteiger partial charge >= 0.3 is 5.97 Å². The Bertz CT molecular complexity index is 345. The van der Waals surface area contributed by atoms with E-state index in [2.05, 4.69) is 19.1 Å². The molecule has 0 N–H and O–H groups in total. The van der Waals surface area contributed by atoms with E-state index in [0.29, 0.717) is 12.5 Å². The first-order valence-corrected chi connectivity index (χ1v) is 9.57. The van der Waals surface area contributed by atoms with Crippen molar-refractivity contribution >= 4 is 5.97 Å². The summed E-state index contributed by atoms with van der Waals surface area (Å²) >= 11 is 0. The number of carbonyl (C=O) groups is 1. The fraction of sp³-hybridized carbons (Fsp3) is 0.850.